The van der Waals surface area contributed by atoms with E-state index in [0.29, 0.717) is 4.57 Å². The topological polar surface area (TPSA) is 244 Å². The molecule has 0 amide bonds. The fourth-order valence-corrected chi connectivity index (χ4v) is 5.40. The Morgan fingerprint density at radius 2 is 1.77 bits per heavy atom. The lowest BCUT2D eigenvalue weighted by Gasteiger charge is -2.24. The maximum atomic E-state index is 15.0. The van der Waals surface area contributed by atoms with E-state index >= 15 is 0 Å². The molecular weight excluding hydrogens is 496 g/mol. The number of H-pyrrole nitrogens is 1. The van der Waals surface area contributed by atoms with Crippen LogP contribution in [-0.4, -0.2) is 65.1 Å². The molecule has 6 N–H and O–H groups in total. The van der Waals surface area contributed by atoms with E-state index in [4.69, 9.17) is 14.5 Å². The van der Waals surface area contributed by atoms with Crippen molar-refractivity contribution in [1.82, 2.24) is 9.55 Å². The minimum absolute atomic E-state index is 0.609. The van der Waals surface area contributed by atoms with E-state index in [2.05, 4.69) is 13.4 Å². The summed E-state index contributed by atoms with van der Waals surface area (Å²) < 4.78 is 66.7. The summed E-state index contributed by atoms with van der Waals surface area (Å²) >= 11 is 0. The predicted octanol–water partition coefficient (Wildman–Crippen LogP) is -1.09. The van der Waals surface area contributed by atoms with E-state index in [1.54, 1.807) is 0 Å². The summed E-state index contributed by atoms with van der Waals surface area (Å²) in [6.45, 7) is -0.256. The molecule has 178 valence electrons. The molecule has 31 heavy (non-hydrogen) atoms. The highest BCUT2D eigenvalue weighted by Crippen LogP contribution is 2.62. The normalized spacial score (nSPS) is 30.6. The Morgan fingerprint density at radius 1 is 1.19 bits per heavy atom. The molecule has 16 nitrogen and oxygen atoms in total. The van der Waals surface area contributed by atoms with Crippen LogP contribution in [0.5, 0.6) is 0 Å². The van der Waals surface area contributed by atoms with Crippen LogP contribution in [0.4, 0.5) is 4.39 Å². The first-order valence-electron chi connectivity index (χ1n) is 7.98. The van der Waals surface area contributed by atoms with Crippen molar-refractivity contribution in [2.75, 3.05) is 13.0 Å². The van der Waals surface area contributed by atoms with Crippen LogP contribution >= 0.6 is 23.2 Å². The van der Waals surface area contributed by atoms with E-state index in [1.807, 2.05) is 4.98 Å². The maximum absolute atomic E-state index is 15.0. The number of hydrogen-bond acceptors (Lipinski definition) is 10. The number of nitrogens with one attached hydrogen (secondary N) is 1. The van der Waals surface area contributed by atoms with Gasteiger partial charge in [0.1, 0.15) is 12.2 Å². The van der Waals surface area contributed by atoms with Gasteiger partial charge in [-0.05, 0) is 6.92 Å². The van der Waals surface area contributed by atoms with Crippen LogP contribution in [0.3, 0.4) is 0 Å². The van der Waals surface area contributed by atoms with E-state index in [9.17, 15) is 42.6 Å². The minimum Gasteiger partial charge on any atom is -0.387 e. The van der Waals surface area contributed by atoms with Crippen molar-refractivity contribution in [3.63, 3.8) is 0 Å². The molecule has 0 bridgehead atoms. The third kappa shape index (κ3) is 6.96. The first-order valence-corrected chi connectivity index (χ1v) is 12.8. The van der Waals surface area contributed by atoms with Crippen molar-refractivity contribution >= 4 is 23.2 Å². The average Bonchev–Trinajstić information content (AvgIpc) is 2.80. The average molecular weight is 514 g/mol. The fourth-order valence-electron chi connectivity index (χ4n) is 2.46. The monoisotopic (exact) mass is 514 g/mol. The lowest BCUT2D eigenvalue weighted by Crippen LogP contribution is -2.43. The number of aliphatic hydroxyl groups excluding tert-OH is 1. The molecule has 0 radical (unpaired) electrons. The van der Waals surface area contributed by atoms with Crippen molar-refractivity contribution in [1.29, 1.82) is 0 Å². The number of aromatic amines is 1. The molecule has 1 aliphatic heterocycles. The summed E-state index contributed by atoms with van der Waals surface area (Å²) in [7, 11) is -15.8. The molecule has 1 aromatic heterocycles. The van der Waals surface area contributed by atoms with Crippen molar-refractivity contribution in [2.45, 2.75) is 31.0 Å². The number of phosphoric acid groups is 2. The third-order valence-electron chi connectivity index (χ3n) is 3.82. The van der Waals surface area contributed by atoms with Gasteiger partial charge in [0.25, 0.3) is 5.56 Å². The van der Waals surface area contributed by atoms with Crippen LogP contribution in [0, 0.1) is 0 Å². The second kappa shape index (κ2) is 9.06. The number of ether oxygens (including phenoxy) is 1. The molecule has 6 atom stereocenters. The largest absolute Gasteiger partial charge is 0.481 e. The summed E-state index contributed by atoms with van der Waals surface area (Å²) in [6.07, 6.45) is -6.25. The zero-order chi connectivity index (χ0) is 23.8. The Morgan fingerprint density at radius 3 is 2.32 bits per heavy atom. The molecule has 1 fully saturated rings. The van der Waals surface area contributed by atoms with Gasteiger partial charge in [-0.3, -0.25) is 28.0 Å². The lowest BCUT2D eigenvalue weighted by atomic mass is 9.98. The van der Waals surface area contributed by atoms with Gasteiger partial charge >= 0.3 is 28.9 Å². The van der Waals surface area contributed by atoms with Gasteiger partial charge in [0.05, 0.1) is 6.61 Å². The van der Waals surface area contributed by atoms with E-state index in [1.165, 1.54) is 0 Å². The van der Waals surface area contributed by atoms with E-state index in [0.717, 1.165) is 19.2 Å². The lowest BCUT2D eigenvalue weighted by molar-refractivity contribution is -0.0605. The van der Waals surface area contributed by atoms with Gasteiger partial charge in [-0.25, -0.2) is 18.3 Å². The number of halogens is 1. The molecule has 2 heterocycles. The van der Waals surface area contributed by atoms with Crippen LogP contribution in [0.25, 0.3) is 0 Å². The second-order valence-electron chi connectivity index (χ2n) is 6.38. The molecular formula is C11H18FN2O14P3. The maximum Gasteiger partial charge on any atom is 0.481 e. The molecule has 0 spiro atoms. The molecule has 1 aliphatic rings. The highest BCUT2D eigenvalue weighted by atomic mass is 31.3. The Hall–Kier alpha value is -1.06. The minimum atomic E-state index is -5.47. The predicted molar refractivity (Wildman–Crippen MR) is 95.4 cm³/mol. The Bertz CT molecular complexity index is 1060. The zero-order valence-corrected chi connectivity index (χ0v) is 18.1. The van der Waals surface area contributed by atoms with E-state index < -0.39 is 71.5 Å². The Balaban J connectivity index is 2.08. The fraction of sp³-hybridized carbons (Fsp3) is 0.636. The van der Waals surface area contributed by atoms with Crippen LogP contribution in [0.1, 0.15) is 13.2 Å². The molecule has 2 unspecified atom stereocenters. The summed E-state index contributed by atoms with van der Waals surface area (Å²) in [6, 6.07) is 0.878. The quantitative estimate of drug-likeness (QED) is 0.215. The summed E-state index contributed by atoms with van der Waals surface area (Å²) in [4.78, 5) is 60.7. The number of nitrogens with zero attached hydrogens (tertiary/aromatic N) is 1. The van der Waals surface area contributed by atoms with Crippen molar-refractivity contribution in [3.8, 4) is 0 Å². The zero-order valence-electron chi connectivity index (χ0n) is 15.4. The van der Waals surface area contributed by atoms with Gasteiger partial charge in [0.15, 0.2) is 18.2 Å². The summed E-state index contributed by atoms with van der Waals surface area (Å²) in [5.74, 6) is 0. The van der Waals surface area contributed by atoms with Crippen molar-refractivity contribution in [3.05, 3.63) is 33.1 Å². The van der Waals surface area contributed by atoms with Gasteiger partial charge in [-0.15, -0.1) is 0 Å². The van der Waals surface area contributed by atoms with Crippen LogP contribution in [-0.2, 0) is 31.8 Å². The summed E-state index contributed by atoms with van der Waals surface area (Å²) in [5.41, 5.74) is -4.52. The molecule has 0 saturated carbocycles. The van der Waals surface area contributed by atoms with Gasteiger partial charge < -0.3 is 29.4 Å². The number of alkyl halides is 1. The molecule has 1 saturated heterocycles. The SMILES string of the molecule is C[C@@]1(F)[C@H](O)[C@@H](COP(=O)(O)OP(=O)(O)OCP(=O)(O)O)O[C@H]1n1ccc(=O)[nH]c1=O. The number of rotatable bonds is 9. The molecule has 2 rings (SSSR count). The van der Waals surface area contributed by atoms with Crippen LogP contribution < -0.4 is 11.2 Å². The Kier molecular flexibility index (Phi) is 7.65. The smallest absolute Gasteiger partial charge is 0.387 e. The first-order chi connectivity index (χ1) is 13.9. The van der Waals surface area contributed by atoms with Gasteiger partial charge in [0, 0.05) is 12.3 Å². The molecule has 1 aromatic rings. The first kappa shape index (κ1) is 26.2. The van der Waals surface area contributed by atoms with Gasteiger partial charge in [-0.2, -0.15) is 4.31 Å². The highest BCUT2D eigenvalue weighted by Gasteiger charge is 2.56. The molecule has 20 heteroatoms. The van der Waals surface area contributed by atoms with Crippen molar-refractivity contribution in [2.24, 2.45) is 0 Å². The number of aliphatic hydroxyl groups is 1. The van der Waals surface area contributed by atoms with E-state index in [-0.39, 0.29) is 0 Å². The number of aromatic nitrogens is 2. The van der Waals surface area contributed by atoms with Gasteiger partial charge in [-0.1, -0.05) is 0 Å². The summed E-state index contributed by atoms with van der Waals surface area (Å²) in [5, 5.41) is 10.1. The molecule has 0 aromatic carbocycles. The van der Waals surface area contributed by atoms with Crippen LogP contribution in [0.15, 0.2) is 21.9 Å². The van der Waals surface area contributed by atoms with Crippen LogP contribution in [0.2, 0.25) is 0 Å². The number of hydrogen-bond donors (Lipinski definition) is 6. The second-order valence-corrected chi connectivity index (χ2v) is 11.0. The molecule has 0 aliphatic carbocycles. The standard InChI is InChI=1S/C11H18FN2O14P3/c1-11(12)8(16)6(27-9(11)14-3-2-7(15)13-10(14)17)4-25-30(21,22)28-31(23,24)26-5-29(18,19)20/h2-3,6,8-9,16H,4-5H2,1H3,(H,21,22)(H,23,24)(H,13,15,17)(H2,18,19,20)/t6-,8-,9-,11-/m1/s1. The number of phosphoric ester groups is 2. The van der Waals surface area contributed by atoms with Crippen molar-refractivity contribution < 1.29 is 60.9 Å². The van der Waals surface area contributed by atoms with Gasteiger partial charge in [0.2, 0.25) is 0 Å². The third-order valence-corrected chi connectivity index (χ3v) is 7.07. The Labute approximate surface area is 171 Å². The highest BCUT2D eigenvalue weighted by molar-refractivity contribution is 7.61.